The van der Waals surface area contributed by atoms with Crippen LogP contribution >= 0.6 is 0 Å². The molecule has 4 aromatic rings. The van der Waals surface area contributed by atoms with E-state index in [-0.39, 0.29) is 11.7 Å². The second kappa shape index (κ2) is 10.6. The molecule has 3 N–H and O–H groups in total. The van der Waals surface area contributed by atoms with Crippen molar-refractivity contribution in [1.82, 2.24) is 19.6 Å². The van der Waals surface area contributed by atoms with Gasteiger partial charge in [0.15, 0.2) is 0 Å². The Balaban J connectivity index is 1.42. The molecule has 0 unspecified atom stereocenters. The standard InChI is InChI=1S/C28H27N5O5S/c1-38-27(35)30-22-12-14-23(15-13-22)33-17-16-29-25(33)28(18-24(28)21-10-6-3-7-11-21)31-26(34)32-39(36,37)19-20-8-4-2-5-9-20/h2-17,24H,18-19H2,1H3,(H,30,35)(H2,31,32,34)/t24-,28-/m1/s1. The molecule has 5 rings (SSSR count). The first-order valence-electron chi connectivity index (χ1n) is 12.2. The van der Waals surface area contributed by atoms with Gasteiger partial charge in [0.1, 0.15) is 11.4 Å². The van der Waals surface area contributed by atoms with E-state index in [0.29, 0.717) is 23.5 Å². The van der Waals surface area contributed by atoms with Crippen molar-refractivity contribution in [1.29, 1.82) is 0 Å². The molecule has 0 saturated heterocycles. The molecular weight excluding hydrogens is 518 g/mol. The van der Waals surface area contributed by atoms with Crippen LogP contribution in [0, 0.1) is 0 Å². The molecule has 1 aromatic heterocycles. The summed E-state index contributed by atoms with van der Waals surface area (Å²) >= 11 is 0. The number of methoxy groups -OCH3 is 1. The molecule has 1 aliphatic carbocycles. The molecule has 0 spiro atoms. The number of carbonyl (C=O) groups excluding carboxylic acids is 2. The third-order valence-corrected chi connectivity index (χ3v) is 7.77. The second-order valence-corrected chi connectivity index (χ2v) is 10.9. The van der Waals surface area contributed by atoms with E-state index in [2.05, 4.69) is 25.1 Å². The second-order valence-electron chi connectivity index (χ2n) is 9.22. The van der Waals surface area contributed by atoms with Gasteiger partial charge in [-0.25, -0.2) is 27.7 Å². The molecule has 200 valence electrons. The van der Waals surface area contributed by atoms with Crippen LogP contribution in [0.25, 0.3) is 5.69 Å². The van der Waals surface area contributed by atoms with Crippen LogP contribution in [0.5, 0.6) is 0 Å². The van der Waals surface area contributed by atoms with Crippen LogP contribution in [0.1, 0.15) is 29.3 Å². The van der Waals surface area contributed by atoms with Gasteiger partial charge in [-0.3, -0.25) is 5.32 Å². The summed E-state index contributed by atoms with van der Waals surface area (Å²) in [5.74, 6) is 0.111. The van der Waals surface area contributed by atoms with Gasteiger partial charge in [-0.15, -0.1) is 0 Å². The van der Waals surface area contributed by atoms with Crippen molar-refractivity contribution in [3.63, 3.8) is 0 Å². The third-order valence-electron chi connectivity index (χ3n) is 6.56. The Labute approximate surface area is 226 Å². The lowest BCUT2D eigenvalue weighted by Gasteiger charge is -2.21. The number of aromatic nitrogens is 2. The summed E-state index contributed by atoms with van der Waals surface area (Å²) in [5, 5.41) is 5.54. The topological polar surface area (TPSA) is 131 Å². The van der Waals surface area contributed by atoms with Crippen LogP contribution in [0.4, 0.5) is 15.3 Å². The van der Waals surface area contributed by atoms with Crippen molar-refractivity contribution in [3.8, 4) is 5.69 Å². The molecule has 2 atom stereocenters. The number of nitrogens with zero attached hydrogens (tertiary/aromatic N) is 2. The molecular formula is C28H27N5O5S. The van der Waals surface area contributed by atoms with Crippen molar-refractivity contribution < 1.29 is 22.7 Å². The summed E-state index contributed by atoms with van der Waals surface area (Å²) in [6.07, 6.45) is 3.35. The van der Waals surface area contributed by atoms with E-state index in [1.807, 2.05) is 34.9 Å². The minimum Gasteiger partial charge on any atom is -0.453 e. The van der Waals surface area contributed by atoms with E-state index in [1.54, 1.807) is 67.0 Å². The lowest BCUT2D eigenvalue weighted by Crippen LogP contribution is -2.46. The minimum atomic E-state index is -3.94. The van der Waals surface area contributed by atoms with Crippen LogP contribution in [-0.4, -0.2) is 37.2 Å². The molecule has 1 aliphatic rings. The summed E-state index contributed by atoms with van der Waals surface area (Å²) in [7, 11) is -2.66. The van der Waals surface area contributed by atoms with Crippen molar-refractivity contribution in [2.75, 3.05) is 12.4 Å². The molecule has 10 nitrogen and oxygen atoms in total. The summed E-state index contributed by atoms with van der Waals surface area (Å²) in [4.78, 5) is 29.2. The first-order chi connectivity index (χ1) is 18.8. The number of hydrogen-bond donors (Lipinski definition) is 3. The average molecular weight is 546 g/mol. The van der Waals surface area contributed by atoms with Gasteiger partial charge in [-0.05, 0) is 41.8 Å². The quantitative estimate of drug-likeness (QED) is 0.303. The molecule has 1 heterocycles. The fourth-order valence-electron chi connectivity index (χ4n) is 4.71. The highest BCUT2D eigenvalue weighted by Crippen LogP contribution is 2.58. The predicted molar refractivity (Wildman–Crippen MR) is 146 cm³/mol. The zero-order chi connectivity index (χ0) is 27.5. The highest BCUT2D eigenvalue weighted by Gasteiger charge is 2.60. The van der Waals surface area contributed by atoms with Gasteiger partial charge in [-0.2, -0.15) is 0 Å². The largest absolute Gasteiger partial charge is 0.453 e. The minimum absolute atomic E-state index is 0.123. The Kier molecular flexibility index (Phi) is 7.07. The van der Waals surface area contributed by atoms with E-state index in [4.69, 9.17) is 0 Å². The van der Waals surface area contributed by atoms with Gasteiger partial charge in [0.2, 0.25) is 10.0 Å². The number of carbonyl (C=O) groups is 2. The Bertz CT molecular complexity index is 1570. The van der Waals surface area contributed by atoms with E-state index in [1.165, 1.54) is 7.11 Å². The van der Waals surface area contributed by atoms with E-state index in [9.17, 15) is 18.0 Å². The number of amides is 3. The zero-order valence-corrected chi connectivity index (χ0v) is 21.9. The number of rotatable bonds is 8. The van der Waals surface area contributed by atoms with Crippen molar-refractivity contribution >= 4 is 27.8 Å². The van der Waals surface area contributed by atoms with Gasteiger partial charge in [-0.1, -0.05) is 60.7 Å². The van der Waals surface area contributed by atoms with Gasteiger partial charge in [0, 0.05) is 29.7 Å². The summed E-state index contributed by atoms with van der Waals surface area (Å²) in [6, 6.07) is 24.6. The molecule has 3 aromatic carbocycles. The van der Waals surface area contributed by atoms with Crippen molar-refractivity contribution in [3.05, 3.63) is 114 Å². The Morgan fingerprint density at radius 2 is 1.67 bits per heavy atom. The molecule has 0 radical (unpaired) electrons. The Morgan fingerprint density at radius 3 is 2.33 bits per heavy atom. The number of benzene rings is 3. The van der Waals surface area contributed by atoms with E-state index in [0.717, 1.165) is 11.3 Å². The highest BCUT2D eigenvalue weighted by molar-refractivity contribution is 7.89. The maximum Gasteiger partial charge on any atom is 0.411 e. The van der Waals surface area contributed by atoms with Crippen LogP contribution in [0.15, 0.2) is 97.3 Å². The number of urea groups is 1. The molecule has 39 heavy (non-hydrogen) atoms. The molecule has 1 fully saturated rings. The normalized spacial score (nSPS) is 18.1. The number of anilines is 1. The summed E-state index contributed by atoms with van der Waals surface area (Å²) < 4.78 is 34.1. The maximum atomic E-state index is 13.1. The fraction of sp³-hybridized carbons (Fsp3) is 0.179. The van der Waals surface area contributed by atoms with Crippen LogP contribution in [-0.2, 0) is 26.1 Å². The molecule has 3 amide bonds. The van der Waals surface area contributed by atoms with Crippen molar-refractivity contribution in [2.24, 2.45) is 0 Å². The van der Waals surface area contributed by atoms with E-state index < -0.39 is 27.7 Å². The van der Waals surface area contributed by atoms with Gasteiger partial charge < -0.3 is 14.6 Å². The van der Waals surface area contributed by atoms with Gasteiger partial charge in [0.25, 0.3) is 0 Å². The molecule has 0 bridgehead atoms. The van der Waals surface area contributed by atoms with Gasteiger partial charge in [0.05, 0.1) is 12.9 Å². The molecule has 1 saturated carbocycles. The highest BCUT2D eigenvalue weighted by atomic mass is 32.2. The zero-order valence-electron chi connectivity index (χ0n) is 21.1. The number of hydrogen-bond acceptors (Lipinski definition) is 6. The number of ether oxygens (including phenoxy) is 1. The Hall–Kier alpha value is -4.64. The third kappa shape index (κ3) is 5.78. The van der Waals surface area contributed by atoms with Gasteiger partial charge >= 0.3 is 12.1 Å². The predicted octanol–water partition coefficient (Wildman–Crippen LogP) is 4.26. The first kappa shape index (κ1) is 26.0. The van der Waals surface area contributed by atoms with Crippen LogP contribution < -0.4 is 15.4 Å². The smallest absolute Gasteiger partial charge is 0.411 e. The average Bonchev–Trinajstić information content (AvgIpc) is 3.41. The number of nitrogens with one attached hydrogen (secondary N) is 3. The number of sulfonamides is 1. The molecule has 11 heteroatoms. The maximum absolute atomic E-state index is 13.1. The van der Waals surface area contributed by atoms with Crippen LogP contribution in [0.3, 0.4) is 0 Å². The number of imidazole rings is 1. The monoisotopic (exact) mass is 545 g/mol. The summed E-state index contributed by atoms with van der Waals surface area (Å²) in [5.41, 5.74) is 1.92. The SMILES string of the molecule is COC(=O)Nc1ccc(-n2ccnc2[C@@]2(NC(=O)NS(=O)(=O)Cc3ccccc3)C[C@@H]2c2ccccc2)cc1. The van der Waals surface area contributed by atoms with Crippen molar-refractivity contribution in [2.45, 2.75) is 23.6 Å². The molecule has 0 aliphatic heterocycles. The fourth-order valence-corrected chi connectivity index (χ4v) is 5.74. The lowest BCUT2D eigenvalue weighted by atomic mass is 10.1. The summed E-state index contributed by atoms with van der Waals surface area (Å²) in [6.45, 7) is 0. The first-order valence-corrected chi connectivity index (χ1v) is 13.9. The lowest BCUT2D eigenvalue weighted by molar-refractivity contribution is 0.187. The van der Waals surface area contributed by atoms with E-state index >= 15 is 0 Å². The van der Waals surface area contributed by atoms with Crippen LogP contribution in [0.2, 0.25) is 0 Å². The Morgan fingerprint density at radius 1 is 1.00 bits per heavy atom.